The maximum absolute atomic E-state index is 5.80. The molecule has 0 aliphatic heterocycles. The average Bonchev–Trinajstić information content (AvgIpc) is 3.11. The zero-order valence-corrected chi connectivity index (χ0v) is 11.3. The van der Waals surface area contributed by atoms with E-state index in [1.807, 2.05) is 6.92 Å². The molecule has 0 aromatic carbocycles. The molecule has 0 atom stereocenters. The minimum atomic E-state index is 0.673. The number of nitrogens with one attached hydrogen (secondary N) is 1. The molecule has 3 nitrogen and oxygen atoms in total. The molecule has 0 spiro atoms. The molecule has 0 saturated heterocycles. The van der Waals surface area contributed by atoms with Crippen molar-refractivity contribution in [3.8, 4) is 12.3 Å². The van der Waals surface area contributed by atoms with E-state index in [2.05, 4.69) is 29.1 Å². The van der Waals surface area contributed by atoms with Gasteiger partial charge in [-0.25, -0.2) is 0 Å². The van der Waals surface area contributed by atoms with Crippen LogP contribution in [0.4, 0.5) is 0 Å². The minimum Gasteiger partial charge on any atom is -0.465 e. The zero-order valence-electron chi connectivity index (χ0n) is 11.3. The lowest BCUT2D eigenvalue weighted by molar-refractivity contribution is 0.283. The Kier molecular flexibility index (Phi) is 4.46. The molecule has 1 saturated carbocycles. The average molecular weight is 246 g/mol. The second-order valence-electron chi connectivity index (χ2n) is 4.96. The smallest absolute Gasteiger partial charge is 0.118 e. The normalized spacial score (nSPS) is 15.0. The predicted molar refractivity (Wildman–Crippen MR) is 73.1 cm³/mol. The van der Waals surface area contributed by atoms with E-state index in [1.54, 1.807) is 0 Å². The summed E-state index contributed by atoms with van der Waals surface area (Å²) in [5.74, 6) is 4.72. The molecule has 0 amide bonds. The van der Waals surface area contributed by atoms with Gasteiger partial charge in [-0.1, -0.05) is 12.8 Å². The molecule has 3 heteroatoms. The number of hydrogen-bond donors (Lipinski definition) is 1. The largest absolute Gasteiger partial charge is 0.465 e. The van der Waals surface area contributed by atoms with Gasteiger partial charge in [0.1, 0.15) is 11.5 Å². The second kappa shape index (κ2) is 6.08. The van der Waals surface area contributed by atoms with Gasteiger partial charge in [-0.05, 0) is 32.4 Å². The summed E-state index contributed by atoms with van der Waals surface area (Å²) in [5, 5.41) is 3.51. The van der Waals surface area contributed by atoms with Crippen LogP contribution in [0.1, 0.15) is 36.8 Å². The van der Waals surface area contributed by atoms with E-state index in [1.165, 1.54) is 18.4 Å². The Labute approximate surface area is 110 Å². The molecule has 1 heterocycles. The molecule has 18 heavy (non-hydrogen) atoms. The van der Waals surface area contributed by atoms with Crippen LogP contribution in [0.25, 0.3) is 0 Å². The van der Waals surface area contributed by atoms with Crippen LogP contribution in [0.2, 0.25) is 0 Å². The Morgan fingerprint density at radius 1 is 1.56 bits per heavy atom. The quantitative estimate of drug-likeness (QED) is 0.748. The molecule has 98 valence electrons. The summed E-state index contributed by atoms with van der Waals surface area (Å²) in [6, 6.07) is 2.89. The first-order valence-corrected chi connectivity index (χ1v) is 6.70. The molecule has 2 rings (SSSR count). The predicted octanol–water partition coefficient (Wildman–Crippen LogP) is 2.30. The molecular weight excluding hydrogens is 224 g/mol. The summed E-state index contributed by atoms with van der Waals surface area (Å²) >= 11 is 0. The Hall–Kier alpha value is -1.24. The van der Waals surface area contributed by atoms with Crippen LogP contribution in [-0.4, -0.2) is 24.0 Å². The van der Waals surface area contributed by atoms with Crippen molar-refractivity contribution in [2.75, 3.05) is 13.1 Å². The van der Waals surface area contributed by atoms with E-state index in [9.17, 15) is 0 Å². The third kappa shape index (κ3) is 3.63. The Morgan fingerprint density at radius 2 is 2.33 bits per heavy atom. The molecular formula is C15H22N2O. The van der Waals surface area contributed by atoms with Gasteiger partial charge in [0, 0.05) is 18.2 Å². The molecule has 0 bridgehead atoms. The molecule has 0 unspecified atom stereocenters. The fraction of sp³-hybridized carbons (Fsp3) is 0.600. The summed E-state index contributed by atoms with van der Waals surface area (Å²) in [7, 11) is 0. The number of terminal acetylenes is 1. The van der Waals surface area contributed by atoms with Gasteiger partial charge in [-0.2, -0.15) is 0 Å². The van der Waals surface area contributed by atoms with Crippen molar-refractivity contribution >= 4 is 0 Å². The van der Waals surface area contributed by atoms with Gasteiger partial charge >= 0.3 is 0 Å². The molecule has 0 radical (unpaired) electrons. The fourth-order valence-corrected chi connectivity index (χ4v) is 2.01. The highest BCUT2D eigenvalue weighted by Gasteiger charge is 2.21. The molecule has 1 aliphatic carbocycles. The van der Waals surface area contributed by atoms with Crippen molar-refractivity contribution in [3.63, 3.8) is 0 Å². The first kappa shape index (κ1) is 13.2. The maximum atomic E-state index is 5.80. The fourth-order valence-electron chi connectivity index (χ4n) is 2.01. The summed E-state index contributed by atoms with van der Waals surface area (Å²) in [4.78, 5) is 2.19. The highest BCUT2D eigenvalue weighted by molar-refractivity contribution is 5.21. The summed E-state index contributed by atoms with van der Waals surface area (Å²) in [6.07, 6.45) is 7.98. The van der Waals surface area contributed by atoms with Gasteiger partial charge in [0.25, 0.3) is 0 Å². The summed E-state index contributed by atoms with van der Waals surface area (Å²) in [5.41, 5.74) is 1.27. The highest BCUT2D eigenvalue weighted by atomic mass is 16.3. The Morgan fingerprint density at radius 3 is 2.94 bits per heavy atom. The van der Waals surface area contributed by atoms with Crippen molar-refractivity contribution in [3.05, 3.63) is 23.2 Å². The van der Waals surface area contributed by atoms with Gasteiger partial charge in [0.2, 0.25) is 0 Å². The minimum absolute atomic E-state index is 0.673. The highest BCUT2D eigenvalue weighted by Crippen LogP contribution is 2.21. The lowest BCUT2D eigenvalue weighted by Gasteiger charge is -2.15. The second-order valence-corrected chi connectivity index (χ2v) is 4.96. The first-order valence-electron chi connectivity index (χ1n) is 6.70. The lowest BCUT2D eigenvalue weighted by atomic mass is 10.2. The Balaban J connectivity index is 1.91. The first-order chi connectivity index (χ1) is 8.72. The van der Waals surface area contributed by atoms with Crippen LogP contribution in [-0.2, 0) is 13.1 Å². The van der Waals surface area contributed by atoms with E-state index < -0.39 is 0 Å². The number of aryl methyl sites for hydroxylation is 1. The summed E-state index contributed by atoms with van der Waals surface area (Å²) in [6.45, 7) is 7.48. The van der Waals surface area contributed by atoms with Crippen molar-refractivity contribution in [2.24, 2.45) is 0 Å². The van der Waals surface area contributed by atoms with Gasteiger partial charge in [0.15, 0.2) is 0 Å². The van der Waals surface area contributed by atoms with Gasteiger partial charge in [-0.15, -0.1) is 6.42 Å². The molecule has 1 fully saturated rings. The Bertz CT molecular complexity index is 426. The van der Waals surface area contributed by atoms with Crippen LogP contribution in [0.15, 0.2) is 10.5 Å². The van der Waals surface area contributed by atoms with Gasteiger partial charge < -0.3 is 9.73 Å². The van der Waals surface area contributed by atoms with Crippen LogP contribution in [0.5, 0.6) is 0 Å². The molecule has 1 N–H and O–H groups in total. The van der Waals surface area contributed by atoms with Crippen molar-refractivity contribution < 1.29 is 4.42 Å². The number of rotatable bonds is 7. The molecule has 1 aromatic rings. The van der Waals surface area contributed by atoms with Crippen LogP contribution >= 0.6 is 0 Å². The van der Waals surface area contributed by atoms with E-state index in [0.29, 0.717) is 6.54 Å². The molecule has 1 aliphatic rings. The number of furan rings is 1. The van der Waals surface area contributed by atoms with Gasteiger partial charge in [0.05, 0.1) is 13.1 Å². The molecule has 1 aromatic heterocycles. The number of nitrogens with zero attached hydrogens (tertiary/aromatic N) is 1. The topological polar surface area (TPSA) is 28.4 Å². The summed E-state index contributed by atoms with van der Waals surface area (Å²) < 4.78 is 5.80. The van der Waals surface area contributed by atoms with Crippen molar-refractivity contribution in [2.45, 2.75) is 45.8 Å². The lowest BCUT2D eigenvalue weighted by Crippen LogP contribution is -2.22. The third-order valence-corrected chi connectivity index (χ3v) is 3.37. The van der Waals surface area contributed by atoms with Crippen LogP contribution < -0.4 is 5.32 Å². The SMILES string of the molecule is C#CCN(CC)Cc1cc(CNC2CC2)c(C)o1. The van der Waals surface area contributed by atoms with Crippen molar-refractivity contribution in [1.29, 1.82) is 0 Å². The maximum Gasteiger partial charge on any atom is 0.118 e. The monoisotopic (exact) mass is 246 g/mol. The van der Waals surface area contributed by atoms with E-state index in [-0.39, 0.29) is 0 Å². The zero-order chi connectivity index (χ0) is 13.0. The van der Waals surface area contributed by atoms with E-state index in [0.717, 1.165) is 37.2 Å². The standard InChI is InChI=1S/C15H22N2O/c1-4-8-17(5-2)11-15-9-13(12(3)18-15)10-16-14-6-7-14/h1,9,14,16H,5-8,10-11H2,2-3H3. The van der Waals surface area contributed by atoms with Gasteiger partial charge in [-0.3, -0.25) is 4.90 Å². The third-order valence-electron chi connectivity index (χ3n) is 3.37. The van der Waals surface area contributed by atoms with Crippen LogP contribution in [0, 0.1) is 19.3 Å². The van der Waals surface area contributed by atoms with Crippen LogP contribution in [0.3, 0.4) is 0 Å². The van der Waals surface area contributed by atoms with Crippen molar-refractivity contribution in [1.82, 2.24) is 10.2 Å². The number of hydrogen-bond acceptors (Lipinski definition) is 3. The van der Waals surface area contributed by atoms with E-state index in [4.69, 9.17) is 10.8 Å². The van der Waals surface area contributed by atoms with E-state index >= 15 is 0 Å².